The summed E-state index contributed by atoms with van der Waals surface area (Å²) in [6.45, 7) is 1.41. The summed E-state index contributed by atoms with van der Waals surface area (Å²) in [6, 6.07) is -0.861. The Balaban J connectivity index is 1.73. The predicted molar refractivity (Wildman–Crippen MR) is 68.0 cm³/mol. The molecule has 1 saturated heterocycles. The van der Waals surface area contributed by atoms with Crippen LogP contribution in [-0.2, 0) is 27.3 Å². The summed E-state index contributed by atoms with van der Waals surface area (Å²) in [7, 11) is 0. The monoisotopic (exact) mass is 279 g/mol. The summed E-state index contributed by atoms with van der Waals surface area (Å²) in [5, 5.41) is 9.19. The van der Waals surface area contributed by atoms with E-state index < -0.39 is 12.0 Å². The van der Waals surface area contributed by atoms with Crippen LogP contribution in [0.3, 0.4) is 0 Å². The maximum atomic E-state index is 12.6. The molecule has 3 heterocycles. The number of hydrogen-bond donors (Lipinski definition) is 1. The lowest BCUT2D eigenvalue weighted by Crippen LogP contribution is -2.55. The Morgan fingerprint density at radius 1 is 1.45 bits per heavy atom. The predicted octanol–water partition coefficient (Wildman–Crippen LogP) is -0.243. The number of carbonyl (C=O) groups is 2. The van der Waals surface area contributed by atoms with E-state index in [2.05, 4.69) is 4.98 Å². The zero-order valence-corrected chi connectivity index (χ0v) is 11.1. The van der Waals surface area contributed by atoms with Crippen molar-refractivity contribution in [3.63, 3.8) is 0 Å². The fourth-order valence-electron chi connectivity index (χ4n) is 2.87. The molecule has 7 nitrogen and oxygen atoms in total. The van der Waals surface area contributed by atoms with Crippen molar-refractivity contribution in [2.75, 3.05) is 19.8 Å². The third-order valence-electron chi connectivity index (χ3n) is 3.98. The van der Waals surface area contributed by atoms with Gasteiger partial charge in [0.05, 0.1) is 19.1 Å². The molecule has 1 aromatic rings. The maximum Gasteiger partial charge on any atom is 0.328 e. The second-order valence-corrected chi connectivity index (χ2v) is 5.19. The molecule has 0 radical (unpaired) electrons. The van der Waals surface area contributed by atoms with Gasteiger partial charge in [0.1, 0.15) is 5.82 Å². The fourth-order valence-corrected chi connectivity index (χ4v) is 2.87. The number of aryl methyl sites for hydroxylation is 1. The number of aliphatic carboxylic acids is 1. The minimum atomic E-state index is -1.00. The van der Waals surface area contributed by atoms with Crippen LogP contribution in [-0.4, -0.2) is 57.2 Å². The number of carboxylic acid groups (broad SMARTS) is 1. The van der Waals surface area contributed by atoms with E-state index in [4.69, 9.17) is 4.74 Å². The van der Waals surface area contributed by atoms with Gasteiger partial charge >= 0.3 is 5.97 Å². The summed E-state index contributed by atoms with van der Waals surface area (Å²) < 4.78 is 7.14. The highest BCUT2D eigenvalue weighted by Gasteiger charge is 2.37. The van der Waals surface area contributed by atoms with Crippen molar-refractivity contribution < 1.29 is 19.4 Å². The van der Waals surface area contributed by atoms with Gasteiger partial charge in [-0.1, -0.05) is 0 Å². The first-order valence-corrected chi connectivity index (χ1v) is 6.78. The molecule has 0 spiro atoms. The smallest absolute Gasteiger partial charge is 0.328 e. The molecule has 0 aromatic carbocycles. The number of morpholine rings is 1. The number of imidazole rings is 1. The Kier molecular flexibility index (Phi) is 3.43. The van der Waals surface area contributed by atoms with Crippen LogP contribution in [0.1, 0.15) is 12.2 Å². The van der Waals surface area contributed by atoms with Crippen molar-refractivity contribution in [1.82, 2.24) is 14.5 Å². The van der Waals surface area contributed by atoms with E-state index in [0.29, 0.717) is 19.7 Å². The molecule has 1 aromatic heterocycles. The molecule has 20 heavy (non-hydrogen) atoms. The van der Waals surface area contributed by atoms with Gasteiger partial charge in [-0.15, -0.1) is 0 Å². The molecule has 2 unspecified atom stereocenters. The highest BCUT2D eigenvalue weighted by atomic mass is 16.5. The van der Waals surface area contributed by atoms with Gasteiger partial charge in [-0.3, -0.25) is 4.79 Å². The topological polar surface area (TPSA) is 84.7 Å². The van der Waals surface area contributed by atoms with Gasteiger partial charge in [0.25, 0.3) is 0 Å². The summed E-state index contributed by atoms with van der Waals surface area (Å²) in [5.74, 6) is -0.264. The minimum Gasteiger partial charge on any atom is -0.480 e. The second-order valence-electron chi connectivity index (χ2n) is 5.19. The number of hydrogen-bond acceptors (Lipinski definition) is 4. The van der Waals surface area contributed by atoms with Gasteiger partial charge in [-0.25, -0.2) is 9.78 Å². The molecule has 3 rings (SSSR count). The first kappa shape index (κ1) is 13.1. The van der Waals surface area contributed by atoms with E-state index in [-0.39, 0.29) is 18.4 Å². The van der Waals surface area contributed by atoms with Crippen molar-refractivity contribution in [1.29, 1.82) is 0 Å². The van der Waals surface area contributed by atoms with Gasteiger partial charge in [-0.2, -0.15) is 0 Å². The molecular formula is C13H17N3O4. The number of nitrogens with zero attached hydrogens (tertiary/aromatic N) is 3. The highest BCUT2D eigenvalue weighted by molar-refractivity contribution is 5.85. The number of rotatable bonds is 2. The van der Waals surface area contributed by atoms with E-state index in [0.717, 1.165) is 18.7 Å². The summed E-state index contributed by atoms with van der Waals surface area (Å²) >= 11 is 0. The van der Waals surface area contributed by atoms with E-state index in [1.54, 1.807) is 6.20 Å². The lowest BCUT2D eigenvalue weighted by atomic mass is 9.97. The van der Waals surface area contributed by atoms with Crippen LogP contribution in [0.25, 0.3) is 0 Å². The molecule has 2 atom stereocenters. The molecule has 0 bridgehead atoms. The number of carbonyl (C=O) groups excluding carboxylic acids is 1. The zero-order chi connectivity index (χ0) is 14.1. The maximum absolute atomic E-state index is 12.6. The Morgan fingerprint density at radius 3 is 3.10 bits per heavy atom. The lowest BCUT2D eigenvalue weighted by Gasteiger charge is -2.36. The Bertz CT molecular complexity index is 527. The van der Waals surface area contributed by atoms with Crippen molar-refractivity contribution in [2.24, 2.45) is 5.92 Å². The van der Waals surface area contributed by atoms with Crippen molar-refractivity contribution in [3.05, 3.63) is 18.2 Å². The highest BCUT2D eigenvalue weighted by Crippen LogP contribution is 2.22. The normalized spacial score (nSPS) is 26.1. The number of amides is 1. The van der Waals surface area contributed by atoms with E-state index in [9.17, 15) is 14.7 Å². The van der Waals surface area contributed by atoms with Crippen molar-refractivity contribution in [3.8, 4) is 0 Å². The lowest BCUT2D eigenvalue weighted by molar-refractivity contribution is -0.160. The van der Waals surface area contributed by atoms with Crippen LogP contribution in [0.2, 0.25) is 0 Å². The SMILES string of the molecule is O=C(O)C1COCCN1C(=O)C1CCc2nccn2C1. The molecule has 0 saturated carbocycles. The van der Waals surface area contributed by atoms with E-state index >= 15 is 0 Å². The van der Waals surface area contributed by atoms with Gasteiger partial charge in [-0.05, 0) is 6.42 Å². The first-order chi connectivity index (χ1) is 9.66. The average Bonchev–Trinajstić information content (AvgIpc) is 2.93. The Labute approximate surface area is 116 Å². The number of carboxylic acids is 1. The molecule has 1 N–H and O–H groups in total. The number of aromatic nitrogens is 2. The molecule has 108 valence electrons. The molecule has 2 aliphatic rings. The summed E-state index contributed by atoms with van der Waals surface area (Å²) in [4.78, 5) is 29.5. The molecule has 1 fully saturated rings. The third-order valence-corrected chi connectivity index (χ3v) is 3.98. The summed E-state index contributed by atoms with van der Waals surface area (Å²) in [5.41, 5.74) is 0. The summed E-state index contributed by atoms with van der Waals surface area (Å²) in [6.07, 6.45) is 5.07. The Hall–Kier alpha value is -1.89. The van der Waals surface area contributed by atoms with Crippen LogP contribution in [0, 0.1) is 5.92 Å². The van der Waals surface area contributed by atoms with Gasteiger partial charge in [0.15, 0.2) is 6.04 Å². The standard InChI is InChI=1S/C13H17N3O4/c17-12(16-5-6-20-8-10(16)13(18)19)9-1-2-11-14-3-4-15(11)7-9/h3-4,9-10H,1-2,5-8H2,(H,18,19). The van der Waals surface area contributed by atoms with Crippen LogP contribution >= 0.6 is 0 Å². The number of fused-ring (bicyclic) bond motifs is 1. The Morgan fingerprint density at radius 2 is 2.30 bits per heavy atom. The van der Waals surface area contributed by atoms with Gasteiger partial charge < -0.3 is 19.3 Å². The van der Waals surface area contributed by atoms with Gasteiger partial charge in [0, 0.05) is 31.9 Å². The van der Waals surface area contributed by atoms with Crippen molar-refractivity contribution in [2.45, 2.75) is 25.4 Å². The largest absolute Gasteiger partial charge is 0.480 e. The first-order valence-electron chi connectivity index (χ1n) is 6.78. The molecule has 1 amide bonds. The zero-order valence-electron chi connectivity index (χ0n) is 11.1. The number of ether oxygens (including phenoxy) is 1. The quantitative estimate of drug-likeness (QED) is 0.807. The van der Waals surface area contributed by atoms with Crippen LogP contribution in [0.15, 0.2) is 12.4 Å². The molecule has 2 aliphatic heterocycles. The molecule has 0 aliphatic carbocycles. The fraction of sp³-hybridized carbons (Fsp3) is 0.615. The van der Waals surface area contributed by atoms with Gasteiger partial charge in [0.2, 0.25) is 5.91 Å². The van der Waals surface area contributed by atoms with E-state index in [1.165, 1.54) is 4.90 Å². The van der Waals surface area contributed by atoms with Crippen LogP contribution < -0.4 is 0 Å². The average molecular weight is 279 g/mol. The molecular weight excluding hydrogens is 262 g/mol. The third kappa shape index (κ3) is 2.29. The van der Waals surface area contributed by atoms with Crippen LogP contribution in [0.5, 0.6) is 0 Å². The minimum absolute atomic E-state index is 0.0735. The van der Waals surface area contributed by atoms with Crippen LogP contribution in [0.4, 0.5) is 0 Å². The van der Waals surface area contributed by atoms with E-state index in [1.807, 2.05) is 10.8 Å². The van der Waals surface area contributed by atoms with Crippen molar-refractivity contribution >= 4 is 11.9 Å². The second kappa shape index (κ2) is 5.24. The molecule has 7 heteroatoms.